The summed E-state index contributed by atoms with van der Waals surface area (Å²) in [4.78, 5) is 11.7. The molecule has 1 amide bonds. The maximum atomic E-state index is 11.7. The van der Waals surface area contributed by atoms with Crippen LogP contribution in [-0.2, 0) is 11.2 Å². The van der Waals surface area contributed by atoms with E-state index >= 15 is 0 Å². The summed E-state index contributed by atoms with van der Waals surface area (Å²) >= 11 is 4.09. The predicted octanol–water partition coefficient (Wildman–Crippen LogP) is 3.04. The van der Waals surface area contributed by atoms with Gasteiger partial charge in [-0.1, -0.05) is 13.8 Å². The molecule has 100 valence electrons. The van der Waals surface area contributed by atoms with E-state index in [1.54, 1.807) is 0 Å². The summed E-state index contributed by atoms with van der Waals surface area (Å²) in [5, 5.41) is 3.10. The van der Waals surface area contributed by atoms with E-state index in [0.29, 0.717) is 12.2 Å². The van der Waals surface area contributed by atoms with Gasteiger partial charge in [0.25, 0.3) is 0 Å². The predicted molar refractivity (Wildman–Crippen MR) is 74.9 cm³/mol. The maximum absolute atomic E-state index is 11.7. The Bertz CT molecular complexity index is 451. The van der Waals surface area contributed by atoms with E-state index in [4.69, 9.17) is 4.42 Å². The van der Waals surface area contributed by atoms with Crippen LogP contribution in [0.15, 0.2) is 10.5 Å². The van der Waals surface area contributed by atoms with Gasteiger partial charge in [-0.3, -0.25) is 4.79 Å². The zero-order chi connectivity index (χ0) is 13.3. The third-order valence-electron chi connectivity index (χ3n) is 3.41. The van der Waals surface area contributed by atoms with Gasteiger partial charge in [0.1, 0.15) is 11.5 Å². The van der Waals surface area contributed by atoms with Gasteiger partial charge in [-0.2, -0.15) is 12.6 Å². The van der Waals surface area contributed by atoms with E-state index in [2.05, 4.69) is 37.9 Å². The fraction of sp³-hybridized carbons (Fsp3) is 0.643. The first-order valence-corrected chi connectivity index (χ1v) is 7.04. The number of hydrogen-bond acceptors (Lipinski definition) is 3. The molecular formula is C14H21NO2S. The Balaban J connectivity index is 2.21. The fourth-order valence-corrected chi connectivity index (χ4v) is 2.88. The van der Waals surface area contributed by atoms with Crippen LogP contribution in [0.4, 0.5) is 0 Å². The first kappa shape index (κ1) is 13.5. The zero-order valence-electron chi connectivity index (χ0n) is 11.2. The van der Waals surface area contributed by atoms with E-state index in [1.165, 1.54) is 0 Å². The van der Waals surface area contributed by atoms with Gasteiger partial charge in [0.05, 0.1) is 6.04 Å². The Morgan fingerprint density at radius 3 is 3.00 bits per heavy atom. The van der Waals surface area contributed by atoms with Crippen molar-refractivity contribution in [3.63, 3.8) is 0 Å². The number of rotatable bonds is 3. The van der Waals surface area contributed by atoms with Gasteiger partial charge in [-0.25, -0.2) is 0 Å². The van der Waals surface area contributed by atoms with Gasteiger partial charge in [-0.15, -0.1) is 0 Å². The SMILES string of the molecule is Cc1cc2c(o1)CC(C)(C)CC2NC(=O)CCS. The van der Waals surface area contributed by atoms with E-state index in [0.717, 1.165) is 29.9 Å². The second kappa shape index (κ2) is 5.00. The molecule has 1 aliphatic carbocycles. The summed E-state index contributed by atoms with van der Waals surface area (Å²) in [6, 6.07) is 2.13. The Labute approximate surface area is 114 Å². The van der Waals surface area contributed by atoms with E-state index < -0.39 is 0 Å². The van der Waals surface area contributed by atoms with Gasteiger partial charge >= 0.3 is 0 Å². The lowest BCUT2D eigenvalue weighted by molar-refractivity contribution is -0.121. The molecule has 0 radical (unpaired) electrons. The zero-order valence-corrected chi connectivity index (χ0v) is 12.1. The van der Waals surface area contributed by atoms with Crippen LogP contribution in [-0.4, -0.2) is 11.7 Å². The molecule has 4 heteroatoms. The van der Waals surface area contributed by atoms with Crippen molar-refractivity contribution in [2.24, 2.45) is 5.41 Å². The smallest absolute Gasteiger partial charge is 0.221 e. The summed E-state index contributed by atoms with van der Waals surface area (Å²) in [6.45, 7) is 6.38. The van der Waals surface area contributed by atoms with Crippen LogP contribution in [0.1, 0.15) is 49.8 Å². The lowest BCUT2D eigenvalue weighted by Gasteiger charge is -2.34. The molecule has 0 fully saturated rings. The molecule has 1 unspecified atom stereocenters. The van der Waals surface area contributed by atoms with Crippen molar-refractivity contribution in [1.82, 2.24) is 5.32 Å². The number of carbonyl (C=O) groups excluding carboxylic acids is 1. The lowest BCUT2D eigenvalue weighted by atomic mass is 9.74. The number of furan rings is 1. The monoisotopic (exact) mass is 267 g/mol. The van der Waals surface area contributed by atoms with Crippen LogP contribution in [0, 0.1) is 12.3 Å². The number of nitrogens with one attached hydrogen (secondary N) is 1. The van der Waals surface area contributed by atoms with Gasteiger partial charge in [0, 0.05) is 18.4 Å². The van der Waals surface area contributed by atoms with Crippen LogP contribution < -0.4 is 5.32 Å². The molecule has 1 aromatic rings. The first-order valence-electron chi connectivity index (χ1n) is 6.41. The number of aryl methyl sites for hydroxylation is 1. The van der Waals surface area contributed by atoms with Crippen molar-refractivity contribution in [2.75, 3.05) is 5.75 Å². The highest BCUT2D eigenvalue weighted by atomic mass is 32.1. The molecule has 18 heavy (non-hydrogen) atoms. The summed E-state index contributed by atoms with van der Waals surface area (Å²) in [6.07, 6.45) is 2.36. The molecule has 1 heterocycles. The summed E-state index contributed by atoms with van der Waals surface area (Å²) in [5.41, 5.74) is 1.32. The Morgan fingerprint density at radius 2 is 2.33 bits per heavy atom. The molecule has 1 aliphatic rings. The number of hydrogen-bond donors (Lipinski definition) is 2. The first-order chi connectivity index (χ1) is 8.41. The van der Waals surface area contributed by atoms with Crippen molar-refractivity contribution in [1.29, 1.82) is 0 Å². The van der Waals surface area contributed by atoms with E-state index in [-0.39, 0.29) is 17.4 Å². The van der Waals surface area contributed by atoms with Gasteiger partial charge in [0.2, 0.25) is 5.91 Å². The molecule has 2 rings (SSSR count). The summed E-state index contributed by atoms with van der Waals surface area (Å²) < 4.78 is 5.75. The second-order valence-corrected chi connectivity index (χ2v) is 6.32. The van der Waals surface area contributed by atoms with Crippen LogP contribution >= 0.6 is 12.6 Å². The molecule has 3 nitrogen and oxygen atoms in total. The van der Waals surface area contributed by atoms with Crippen molar-refractivity contribution in [3.05, 3.63) is 23.2 Å². The van der Waals surface area contributed by atoms with Crippen molar-refractivity contribution in [2.45, 2.75) is 46.1 Å². The highest BCUT2D eigenvalue weighted by Crippen LogP contribution is 2.41. The minimum atomic E-state index is 0.0671. The molecule has 0 aliphatic heterocycles. The van der Waals surface area contributed by atoms with Crippen LogP contribution in [0.2, 0.25) is 0 Å². The number of carbonyl (C=O) groups is 1. The lowest BCUT2D eigenvalue weighted by Crippen LogP contribution is -2.36. The quantitative estimate of drug-likeness (QED) is 0.827. The standard InChI is InChI=1S/C14H21NO2S/c1-9-6-10-11(15-13(16)4-5-18)7-14(2,3)8-12(10)17-9/h6,11,18H,4-5,7-8H2,1-3H3,(H,15,16). The van der Waals surface area contributed by atoms with Gasteiger partial charge in [0.15, 0.2) is 0 Å². The Kier molecular flexibility index (Phi) is 3.76. The van der Waals surface area contributed by atoms with Crippen LogP contribution in [0.5, 0.6) is 0 Å². The van der Waals surface area contributed by atoms with E-state index in [9.17, 15) is 4.79 Å². The molecule has 0 saturated carbocycles. The Hall–Kier alpha value is -0.900. The molecule has 0 saturated heterocycles. The normalized spacial score (nSPS) is 21.4. The maximum Gasteiger partial charge on any atom is 0.221 e. The fourth-order valence-electron chi connectivity index (χ4n) is 2.68. The van der Waals surface area contributed by atoms with Gasteiger partial charge in [-0.05, 0) is 30.6 Å². The van der Waals surface area contributed by atoms with E-state index in [1.807, 2.05) is 6.92 Å². The molecule has 1 aromatic heterocycles. The van der Waals surface area contributed by atoms with Crippen molar-refractivity contribution >= 4 is 18.5 Å². The topological polar surface area (TPSA) is 42.2 Å². The highest BCUT2D eigenvalue weighted by Gasteiger charge is 2.35. The molecule has 1 N–H and O–H groups in total. The number of thiol groups is 1. The minimum Gasteiger partial charge on any atom is -0.466 e. The highest BCUT2D eigenvalue weighted by molar-refractivity contribution is 7.80. The largest absolute Gasteiger partial charge is 0.466 e. The van der Waals surface area contributed by atoms with Crippen molar-refractivity contribution < 1.29 is 9.21 Å². The van der Waals surface area contributed by atoms with Gasteiger partial charge < -0.3 is 9.73 Å². The third-order valence-corrected chi connectivity index (χ3v) is 3.63. The Morgan fingerprint density at radius 1 is 1.61 bits per heavy atom. The van der Waals surface area contributed by atoms with Crippen LogP contribution in [0.25, 0.3) is 0 Å². The number of amides is 1. The minimum absolute atomic E-state index is 0.0671. The average molecular weight is 267 g/mol. The average Bonchev–Trinajstić information content (AvgIpc) is 2.57. The van der Waals surface area contributed by atoms with Crippen molar-refractivity contribution in [3.8, 4) is 0 Å². The number of fused-ring (bicyclic) bond motifs is 1. The van der Waals surface area contributed by atoms with Crippen LogP contribution in [0.3, 0.4) is 0 Å². The summed E-state index contributed by atoms with van der Waals surface area (Å²) in [7, 11) is 0. The third kappa shape index (κ3) is 2.91. The molecule has 1 atom stereocenters. The molecule has 0 spiro atoms. The molecule has 0 aromatic carbocycles. The molecule has 0 bridgehead atoms. The second-order valence-electron chi connectivity index (χ2n) is 5.87. The molecular weight excluding hydrogens is 246 g/mol. The summed E-state index contributed by atoms with van der Waals surface area (Å²) in [5.74, 6) is 2.60.